The van der Waals surface area contributed by atoms with Crippen molar-refractivity contribution in [3.63, 3.8) is 0 Å². The Kier molecular flexibility index (Phi) is 5.26. The van der Waals surface area contributed by atoms with Gasteiger partial charge in [-0.1, -0.05) is 31.4 Å². The average molecular weight is 241 g/mol. The standard InChI is InChI=1S/C12H17ClN2O/c1-3-4-5-8-15(2)12(16)10-6-7-14-11(13)9-10/h6-7,9H,3-5,8H2,1-2H3. The maximum Gasteiger partial charge on any atom is 0.253 e. The minimum absolute atomic E-state index is 0.000373. The van der Waals surface area contributed by atoms with Gasteiger partial charge >= 0.3 is 0 Å². The van der Waals surface area contributed by atoms with Gasteiger partial charge in [-0.25, -0.2) is 4.98 Å². The summed E-state index contributed by atoms with van der Waals surface area (Å²) in [4.78, 5) is 17.5. The van der Waals surface area contributed by atoms with Crippen molar-refractivity contribution in [1.29, 1.82) is 0 Å². The minimum Gasteiger partial charge on any atom is -0.342 e. The number of carbonyl (C=O) groups is 1. The molecule has 0 unspecified atom stereocenters. The second-order valence-corrected chi connectivity index (χ2v) is 4.19. The predicted molar refractivity (Wildman–Crippen MR) is 65.7 cm³/mol. The van der Waals surface area contributed by atoms with Crippen LogP contribution in [0.2, 0.25) is 5.15 Å². The van der Waals surface area contributed by atoms with E-state index in [0.29, 0.717) is 10.7 Å². The number of pyridine rings is 1. The van der Waals surface area contributed by atoms with Crippen molar-refractivity contribution >= 4 is 17.5 Å². The molecule has 1 amide bonds. The van der Waals surface area contributed by atoms with Gasteiger partial charge in [0.1, 0.15) is 5.15 Å². The van der Waals surface area contributed by atoms with E-state index in [1.54, 1.807) is 23.2 Å². The van der Waals surface area contributed by atoms with E-state index < -0.39 is 0 Å². The van der Waals surface area contributed by atoms with E-state index in [4.69, 9.17) is 11.6 Å². The fraction of sp³-hybridized carbons (Fsp3) is 0.500. The van der Waals surface area contributed by atoms with Gasteiger partial charge in [0.2, 0.25) is 0 Å². The molecule has 1 aromatic heterocycles. The van der Waals surface area contributed by atoms with Gasteiger partial charge in [0.15, 0.2) is 0 Å². The van der Waals surface area contributed by atoms with Gasteiger partial charge in [0, 0.05) is 25.4 Å². The van der Waals surface area contributed by atoms with Crippen LogP contribution in [0.15, 0.2) is 18.3 Å². The topological polar surface area (TPSA) is 33.2 Å². The molecule has 0 aliphatic carbocycles. The predicted octanol–water partition coefficient (Wildman–Crippen LogP) is 3.00. The number of hydrogen-bond donors (Lipinski definition) is 0. The molecule has 0 bridgehead atoms. The van der Waals surface area contributed by atoms with Gasteiger partial charge in [-0.3, -0.25) is 4.79 Å². The number of amides is 1. The van der Waals surface area contributed by atoms with Crippen LogP contribution >= 0.6 is 11.6 Å². The number of unbranched alkanes of at least 4 members (excludes halogenated alkanes) is 2. The molecule has 1 rings (SSSR count). The number of nitrogens with zero attached hydrogens (tertiary/aromatic N) is 2. The first-order chi connectivity index (χ1) is 7.65. The summed E-state index contributed by atoms with van der Waals surface area (Å²) in [5, 5.41) is 0.354. The quantitative estimate of drug-likeness (QED) is 0.586. The molecule has 0 saturated carbocycles. The zero-order valence-electron chi connectivity index (χ0n) is 9.74. The third-order valence-electron chi connectivity index (χ3n) is 2.42. The van der Waals surface area contributed by atoms with Gasteiger partial charge < -0.3 is 4.90 Å². The minimum atomic E-state index is 0.000373. The molecule has 4 heteroatoms. The zero-order valence-corrected chi connectivity index (χ0v) is 10.5. The first kappa shape index (κ1) is 13.0. The van der Waals surface area contributed by atoms with Crippen LogP contribution in [0.3, 0.4) is 0 Å². The second-order valence-electron chi connectivity index (χ2n) is 3.80. The summed E-state index contributed by atoms with van der Waals surface area (Å²) in [5.74, 6) is 0.000373. The van der Waals surface area contributed by atoms with Crippen LogP contribution in [0.4, 0.5) is 0 Å². The third kappa shape index (κ3) is 3.81. The summed E-state index contributed by atoms with van der Waals surface area (Å²) in [6.45, 7) is 2.93. The molecule has 88 valence electrons. The van der Waals surface area contributed by atoms with E-state index in [0.717, 1.165) is 25.8 Å². The highest BCUT2D eigenvalue weighted by atomic mass is 35.5. The summed E-state index contributed by atoms with van der Waals surface area (Å²) in [6.07, 6.45) is 4.89. The zero-order chi connectivity index (χ0) is 12.0. The number of halogens is 1. The lowest BCUT2D eigenvalue weighted by Crippen LogP contribution is -2.27. The van der Waals surface area contributed by atoms with Crippen molar-refractivity contribution in [3.8, 4) is 0 Å². The molecular weight excluding hydrogens is 224 g/mol. The van der Waals surface area contributed by atoms with Gasteiger partial charge in [-0.15, -0.1) is 0 Å². The monoisotopic (exact) mass is 240 g/mol. The van der Waals surface area contributed by atoms with E-state index in [1.807, 2.05) is 7.05 Å². The molecule has 16 heavy (non-hydrogen) atoms. The van der Waals surface area contributed by atoms with Crippen molar-refractivity contribution in [2.45, 2.75) is 26.2 Å². The summed E-state index contributed by atoms with van der Waals surface area (Å²) in [7, 11) is 1.81. The highest BCUT2D eigenvalue weighted by Gasteiger charge is 2.11. The molecule has 0 spiro atoms. The Morgan fingerprint density at radius 2 is 2.25 bits per heavy atom. The lowest BCUT2D eigenvalue weighted by molar-refractivity contribution is 0.0792. The maximum absolute atomic E-state index is 11.9. The Hall–Kier alpha value is -1.09. The van der Waals surface area contributed by atoms with Gasteiger partial charge in [0.05, 0.1) is 0 Å². The van der Waals surface area contributed by atoms with Crippen LogP contribution < -0.4 is 0 Å². The Labute approximate surface area is 101 Å². The van der Waals surface area contributed by atoms with Gasteiger partial charge in [-0.2, -0.15) is 0 Å². The Bertz CT molecular complexity index is 355. The van der Waals surface area contributed by atoms with Crippen LogP contribution in [-0.2, 0) is 0 Å². The molecule has 0 aliphatic rings. The molecule has 0 aliphatic heterocycles. The van der Waals surface area contributed by atoms with Crippen LogP contribution in [0.5, 0.6) is 0 Å². The maximum atomic E-state index is 11.9. The van der Waals surface area contributed by atoms with E-state index in [2.05, 4.69) is 11.9 Å². The first-order valence-electron chi connectivity index (χ1n) is 5.52. The van der Waals surface area contributed by atoms with Crippen molar-refractivity contribution in [2.75, 3.05) is 13.6 Å². The fourth-order valence-electron chi connectivity index (χ4n) is 1.46. The molecule has 3 nitrogen and oxygen atoms in total. The molecule has 0 atom stereocenters. The van der Waals surface area contributed by atoms with Crippen molar-refractivity contribution in [1.82, 2.24) is 9.88 Å². The summed E-state index contributed by atoms with van der Waals surface area (Å²) < 4.78 is 0. The molecule has 0 N–H and O–H groups in total. The fourth-order valence-corrected chi connectivity index (χ4v) is 1.63. The van der Waals surface area contributed by atoms with Gasteiger partial charge in [0.25, 0.3) is 5.91 Å². The van der Waals surface area contributed by atoms with Crippen LogP contribution in [0.25, 0.3) is 0 Å². The smallest absolute Gasteiger partial charge is 0.253 e. The lowest BCUT2D eigenvalue weighted by Gasteiger charge is -2.16. The largest absolute Gasteiger partial charge is 0.342 e. The van der Waals surface area contributed by atoms with Crippen LogP contribution in [0.1, 0.15) is 36.5 Å². The molecule has 0 saturated heterocycles. The summed E-state index contributed by atoms with van der Waals surface area (Å²) in [6, 6.07) is 3.28. The molecule has 0 fully saturated rings. The number of hydrogen-bond acceptors (Lipinski definition) is 2. The van der Waals surface area contributed by atoms with Crippen molar-refractivity contribution < 1.29 is 4.79 Å². The molecule has 0 aromatic carbocycles. The number of rotatable bonds is 5. The molecule has 0 radical (unpaired) electrons. The van der Waals surface area contributed by atoms with Crippen LogP contribution in [-0.4, -0.2) is 29.4 Å². The van der Waals surface area contributed by atoms with E-state index in [-0.39, 0.29) is 5.91 Å². The number of carbonyl (C=O) groups excluding carboxylic acids is 1. The summed E-state index contributed by atoms with van der Waals surface area (Å²) >= 11 is 5.74. The van der Waals surface area contributed by atoms with Crippen molar-refractivity contribution in [2.24, 2.45) is 0 Å². The molecular formula is C12H17ClN2O. The highest BCUT2D eigenvalue weighted by Crippen LogP contribution is 2.09. The lowest BCUT2D eigenvalue weighted by atomic mass is 10.2. The average Bonchev–Trinajstić information content (AvgIpc) is 2.28. The van der Waals surface area contributed by atoms with E-state index in [9.17, 15) is 4.79 Å². The summed E-state index contributed by atoms with van der Waals surface area (Å²) in [5.41, 5.74) is 0.596. The van der Waals surface area contributed by atoms with E-state index in [1.165, 1.54) is 0 Å². The second kappa shape index (κ2) is 6.48. The van der Waals surface area contributed by atoms with Crippen LogP contribution in [0, 0.1) is 0 Å². The van der Waals surface area contributed by atoms with E-state index >= 15 is 0 Å². The first-order valence-corrected chi connectivity index (χ1v) is 5.90. The Balaban J connectivity index is 2.56. The molecule has 1 aromatic rings. The SMILES string of the molecule is CCCCCN(C)C(=O)c1ccnc(Cl)c1. The van der Waals surface area contributed by atoms with Crippen molar-refractivity contribution in [3.05, 3.63) is 29.0 Å². The van der Waals surface area contributed by atoms with Gasteiger partial charge in [-0.05, 0) is 18.6 Å². The Morgan fingerprint density at radius 1 is 1.50 bits per heavy atom. The third-order valence-corrected chi connectivity index (χ3v) is 2.62. The molecule has 1 heterocycles. The Morgan fingerprint density at radius 3 is 2.88 bits per heavy atom. The number of aromatic nitrogens is 1. The normalized spacial score (nSPS) is 10.2. The highest BCUT2D eigenvalue weighted by molar-refractivity contribution is 6.29.